The predicted molar refractivity (Wildman–Crippen MR) is 76.0 cm³/mol. The Balaban J connectivity index is 2.22. The molecule has 1 unspecified atom stereocenters. The monoisotopic (exact) mass is 249 g/mol. The van der Waals surface area contributed by atoms with Crippen LogP contribution in [0.25, 0.3) is 0 Å². The summed E-state index contributed by atoms with van der Waals surface area (Å²) >= 11 is 0. The number of benzene rings is 1. The van der Waals surface area contributed by atoms with Gasteiger partial charge in [0.05, 0.1) is 12.8 Å². The molecule has 1 fully saturated rings. The number of nitrogen functional groups attached to an aromatic ring is 1. The SMILES string of the molecule is COc1cc(N2CCC(N)C(C)(C)C2)ccc1N. The van der Waals surface area contributed by atoms with Crippen molar-refractivity contribution >= 4 is 11.4 Å². The fourth-order valence-corrected chi connectivity index (χ4v) is 2.49. The summed E-state index contributed by atoms with van der Waals surface area (Å²) in [6.45, 7) is 6.38. The number of nitrogens with two attached hydrogens (primary N) is 2. The lowest BCUT2D eigenvalue weighted by Crippen LogP contribution is -2.52. The molecule has 4 heteroatoms. The van der Waals surface area contributed by atoms with E-state index < -0.39 is 0 Å². The van der Waals surface area contributed by atoms with Crippen LogP contribution in [-0.2, 0) is 0 Å². The van der Waals surface area contributed by atoms with Crippen molar-refractivity contribution in [2.45, 2.75) is 26.3 Å². The highest BCUT2D eigenvalue weighted by atomic mass is 16.5. The third-order valence-corrected chi connectivity index (χ3v) is 3.89. The van der Waals surface area contributed by atoms with E-state index >= 15 is 0 Å². The summed E-state index contributed by atoms with van der Waals surface area (Å²) in [5.41, 5.74) is 14.0. The Hall–Kier alpha value is -1.42. The van der Waals surface area contributed by atoms with Gasteiger partial charge in [-0.25, -0.2) is 0 Å². The summed E-state index contributed by atoms with van der Waals surface area (Å²) < 4.78 is 5.27. The van der Waals surface area contributed by atoms with Crippen molar-refractivity contribution in [3.05, 3.63) is 18.2 Å². The first-order valence-electron chi connectivity index (χ1n) is 6.38. The van der Waals surface area contributed by atoms with Gasteiger partial charge in [-0.05, 0) is 24.0 Å². The average molecular weight is 249 g/mol. The van der Waals surface area contributed by atoms with Crippen LogP contribution in [-0.4, -0.2) is 26.2 Å². The molecule has 1 saturated heterocycles. The number of hydrogen-bond donors (Lipinski definition) is 2. The van der Waals surface area contributed by atoms with E-state index in [1.54, 1.807) is 7.11 Å². The van der Waals surface area contributed by atoms with Crippen LogP contribution in [0.2, 0.25) is 0 Å². The maximum absolute atomic E-state index is 6.16. The Morgan fingerprint density at radius 1 is 1.39 bits per heavy atom. The normalized spacial score (nSPS) is 22.9. The summed E-state index contributed by atoms with van der Waals surface area (Å²) in [5.74, 6) is 0.736. The molecule has 0 saturated carbocycles. The number of hydrogen-bond acceptors (Lipinski definition) is 4. The second kappa shape index (κ2) is 4.69. The molecule has 1 heterocycles. The molecule has 1 aromatic carbocycles. The molecular weight excluding hydrogens is 226 g/mol. The molecule has 0 radical (unpaired) electrons. The molecule has 4 nitrogen and oxygen atoms in total. The van der Waals surface area contributed by atoms with Gasteiger partial charge in [0, 0.05) is 30.9 Å². The van der Waals surface area contributed by atoms with Crippen molar-refractivity contribution in [1.29, 1.82) is 0 Å². The Kier molecular flexibility index (Phi) is 3.39. The Morgan fingerprint density at radius 2 is 2.11 bits per heavy atom. The van der Waals surface area contributed by atoms with E-state index in [1.165, 1.54) is 0 Å². The Morgan fingerprint density at radius 3 is 2.72 bits per heavy atom. The highest BCUT2D eigenvalue weighted by molar-refractivity contribution is 5.62. The fraction of sp³-hybridized carbons (Fsp3) is 0.571. The molecule has 1 aliphatic rings. The summed E-state index contributed by atoms with van der Waals surface area (Å²) in [6.07, 6.45) is 1.01. The van der Waals surface area contributed by atoms with Gasteiger partial charge >= 0.3 is 0 Å². The van der Waals surface area contributed by atoms with Crippen LogP contribution in [0.5, 0.6) is 5.75 Å². The highest BCUT2D eigenvalue weighted by Crippen LogP contribution is 2.33. The van der Waals surface area contributed by atoms with Gasteiger partial charge in [0.15, 0.2) is 0 Å². The number of methoxy groups -OCH3 is 1. The summed E-state index contributed by atoms with van der Waals surface area (Å²) in [5, 5.41) is 0. The lowest BCUT2D eigenvalue weighted by molar-refractivity contribution is 0.245. The van der Waals surface area contributed by atoms with Crippen molar-refractivity contribution in [2.75, 3.05) is 30.8 Å². The van der Waals surface area contributed by atoms with E-state index in [9.17, 15) is 0 Å². The zero-order valence-electron chi connectivity index (χ0n) is 11.4. The van der Waals surface area contributed by atoms with Gasteiger partial charge in [-0.2, -0.15) is 0 Å². The van der Waals surface area contributed by atoms with Gasteiger partial charge in [0.25, 0.3) is 0 Å². The predicted octanol–water partition coefficient (Wildman–Crippen LogP) is 1.84. The Bertz CT molecular complexity index is 431. The summed E-state index contributed by atoms with van der Waals surface area (Å²) in [4.78, 5) is 2.35. The van der Waals surface area contributed by atoms with Crippen LogP contribution in [0.15, 0.2) is 18.2 Å². The van der Waals surface area contributed by atoms with E-state index in [1.807, 2.05) is 18.2 Å². The first-order chi connectivity index (χ1) is 8.44. The van der Waals surface area contributed by atoms with Crippen LogP contribution in [0.3, 0.4) is 0 Å². The topological polar surface area (TPSA) is 64.5 Å². The molecule has 1 aliphatic heterocycles. The second-order valence-electron chi connectivity index (χ2n) is 5.73. The number of piperidine rings is 1. The maximum Gasteiger partial charge on any atom is 0.143 e. The van der Waals surface area contributed by atoms with Gasteiger partial charge in [0.1, 0.15) is 5.75 Å². The molecule has 0 aromatic heterocycles. The molecule has 4 N–H and O–H groups in total. The van der Waals surface area contributed by atoms with Crippen LogP contribution in [0, 0.1) is 5.41 Å². The molecule has 100 valence electrons. The zero-order chi connectivity index (χ0) is 13.3. The molecule has 1 aromatic rings. The smallest absolute Gasteiger partial charge is 0.143 e. The van der Waals surface area contributed by atoms with Crippen LogP contribution in [0.4, 0.5) is 11.4 Å². The quantitative estimate of drug-likeness (QED) is 0.785. The van der Waals surface area contributed by atoms with Gasteiger partial charge in [-0.15, -0.1) is 0 Å². The largest absolute Gasteiger partial charge is 0.495 e. The minimum absolute atomic E-state index is 0.132. The standard InChI is InChI=1S/C14H23N3O/c1-14(2)9-17(7-6-13(14)16)10-4-5-11(15)12(8-10)18-3/h4-5,8,13H,6-7,9,15-16H2,1-3H3. The summed E-state index contributed by atoms with van der Waals surface area (Å²) in [6, 6.07) is 6.22. The number of rotatable bonds is 2. The van der Waals surface area contributed by atoms with Crippen molar-refractivity contribution in [1.82, 2.24) is 0 Å². The van der Waals surface area contributed by atoms with Gasteiger partial charge in [-0.1, -0.05) is 13.8 Å². The molecule has 18 heavy (non-hydrogen) atoms. The highest BCUT2D eigenvalue weighted by Gasteiger charge is 2.33. The van der Waals surface area contributed by atoms with Gasteiger partial charge < -0.3 is 21.1 Å². The Labute approximate surface area is 109 Å². The average Bonchev–Trinajstić information content (AvgIpc) is 2.33. The number of anilines is 2. The third kappa shape index (κ3) is 2.38. The molecule has 0 bridgehead atoms. The lowest BCUT2D eigenvalue weighted by atomic mass is 9.79. The molecule has 0 amide bonds. The third-order valence-electron chi connectivity index (χ3n) is 3.89. The van der Waals surface area contributed by atoms with Crippen molar-refractivity contribution in [2.24, 2.45) is 11.1 Å². The van der Waals surface area contributed by atoms with E-state index in [2.05, 4.69) is 18.7 Å². The molecule has 0 spiro atoms. The molecule has 0 aliphatic carbocycles. The second-order valence-corrected chi connectivity index (χ2v) is 5.73. The van der Waals surface area contributed by atoms with Crippen LogP contribution < -0.4 is 21.1 Å². The van der Waals surface area contributed by atoms with E-state index in [0.29, 0.717) is 5.69 Å². The first-order valence-corrected chi connectivity index (χ1v) is 6.38. The minimum atomic E-state index is 0.132. The molecular formula is C14H23N3O. The number of ether oxygens (including phenoxy) is 1. The van der Waals surface area contributed by atoms with E-state index in [4.69, 9.17) is 16.2 Å². The molecule has 1 atom stereocenters. The van der Waals surface area contributed by atoms with E-state index in [0.717, 1.165) is 30.9 Å². The molecule has 2 rings (SSSR count). The van der Waals surface area contributed by atoms with Crippen molar-refractivity contribution in [3.8, 4) is 5.75 Å². The van der Waals surface area contributed by atoms with Crippen LogP contribution in [0.1, 0.15) is 20.3 Å². The number of nitrogens with zero attached hydrogens (tertiary/aromatic N) is 1. The van der Waals surface area contributed by atoms with Crippen molar-refractivity contribution in [3.63, 3.8) is 0 Å². The maximum atomic E-state index is 6.16. The van der Waals surface area contributed by atoms with Gasteiger partial charge in [0.2, 0.25) is 0 Å². The van der Waals surface area contributed by atoms with Crippen molar-refractivity contribution < 1.29 is 4.74 Å². The lowest BCUT2D eigenvalue weighted by Gasteiger charge is -2.43. The summed E-state index contributed by atoms with van der Waals surface area (Å²) in [7, 11) is 1.64. The van der Waals surface area contributed by atoms with E-state index in [-0.39, 0.29) is 11.5 Å². The minimum Gasteiger partial charge on any atom is -0.495 e. The van der Waals surface area contributed by atoms with Gasteiger partial charge in [-0.3, -0.25) is 0 Å². The van der Waals surface area contributed by atoms with Crippen LogP contribution >= 0.6 is 0 Å². The fourth-order valence-electron chi connectivity index (χ4n) is 2.49. The zero-order valence-corrected chi connectivity index (χ0v) is 11.4. The first kappa shape index (κ1) is 13.0.